The van der Waals surface area contributed by atoms with Crippen molar-refractivity contribution >= 4 is 5.71 Å². The van der Waals surface area contributed by atoms with Crippen LogP contribution in [0.1, 0.15) is 13.3 Å². The third-order valence-electron chi connectivity index (χ3n) is 0.953. The van der Waals surface area contributed by atoms with E-state index in [1.165, 1.54) is 0 Å². The first-order valence-corrected chi connectivity index (χ1v) is 2.91. The summed E-state index contributed by atoms with van der Waals surface area (Å²) < 4.78 is 0. The van der Waals surface area contributed by atoms with E-state index in [1.807, 2.05) is 19.1 Å². The maximum Gasteiger partial charge on any atom is 0.0597 e. The molecule has 0 fully saturated rings. The molecule has 0 spiro atoms. The lowest BCUT2D eigenvalue weighted by atomic mass is 10.3. The molecule has 0 aliphatic carbocycles. The maximum absolute atomic E-state index is 5.03. The maximum atomic E-state index is 5.03. The summed E-state index contributed by atoms with van der Waals surface area (Å²) in [5.41, 5.74) is 0.884. The fraction of sp³-hybridized carbons (Fsp3) is 0.286. The third kappa shape index (κ3) is 3.53. The van der Waals surface area contributed by atoms with Gasteiger partial charge in [0.1, 0.15) is 0 Å². The van der Waals surface area contributed by atoms with Crippen LogP contribution in [0, 0.1) is 0 Å². The van der Waals surface area contributed by atoms with Gasteiger partial charge in [-0.25, -0.2) is 0 Å². The average Bonchev–Trinajstić information content (AvgIpc) is 1.91. The predicted molar refractivity (Wildman–Crippen MR) is 41.3 cm³/mol. The van der Waals surface area contributed by atoms with Crippen LogP contribution in [0.5, 0.6) is 0 Å². The van der Waals surface area contributed by atoms with E-state index < -0.39 is 0 Å². The van der Waals surface area contributed by atoms with Gasteiger partial charge in [-0.3, -0.25) is 0 Å². The Balaban J connectivity index is 3.84. The lowest BCUT2D eigenvalue weighted by Gasteiger charge is -1.88. The van der Waals surface area contributed by atoms with Crippen LogP contribution in [0.3, 0.4) is 0 Å². The van der Waals surface area contributed by atoms with Crippen molar-refractivity contribution in [1.29, 1.82) is 0 Å². The Morgan fingerprint density at radius 1 is 1.78 bits per heavy atom. The second-order valence-corrected chi connectivity index (χ2v) is 1.57. The fourth-order valence-corrected chi connectivity index (χ4v) is 0.431. The van der Waals surface area contributed by atoms with Crippen molar-refractivity contribution in [3.8, 4) is 0 Å². The van der Waals surface area contributed by atoms with Gasteiger partial charge in [0.25, 0.3) is 0 Å². The topological polar surface area (TPSA) is 38.4 Å². The first kappa shape index (κ1) is 7.95. The molecule has 0 amide bonds. The van der Waals surface area contributed by atoms with E-state index >= 15 is 0 Å². The molecule has 50 valence electrons. The van der Waals surface area contributed by atoms with Crippen LogP contribution in [0.2, 0.25) is 0 Å². The van der Waals surface area contributed by atoms with E-state index in [1.54, 1.807) is 6.08 Å². The number of hydrogen-bond acceptors (Lipinski definition) is 2. The minimum atomic E-state index is 0.862. The molecule has 0 heterocycles. The Labute approximate surface area is 55.8 Å². The molecule has 2 N–H and O–H groups in total. The highest BCUT2D eigenvalue weighted by Gasteiger charge is 1.83. The standard InChI is InChI=1S/C7H12N2/c1-3-5-6-7(4-2)9-8/h3,5-6H,1,4,8H2,2H3/b6-5-,9-7-. The zero-order valence-electron chi connectivity index (χ0n) is 5.67. The summed E-state index contributed by atoms with van der Waals surface area (Å²) in [7, 11) is 0. The Morgan fingerprint density at radius 2 is 2.44 bits per heavy atom. The monoisotopic (exact) mass is 124 g/mol. The Morgan fingerprint density at radius 3 is 2.78 bits per heavy atom. The van der Waals surface area contributed by atoms with Gasteiger partial charge in [0.15, 0.2) is 0 Å². The van der Waals surface area contributed by atoms with Crippen molar-refractivity contribution in [1.82, 2.24) is 0 Å². The number of hydrogen-bond donors (Lipinski definition) is 1. The zero-order chi connectivity index (χ0) is 7.11. The van der Waals surface area contributed by atoms with E-state index in [-0.39, 0.29) is 0 Å². The minimum Gasteiger partial charge on any atom is -0.323 e. The molecule has 0 aliphatic heterocycles. The number of hydrazone groups is 1. The lowest BCUT2D eigenvalue weighted by Crippen LogP contribution is -1.94. The smallest absolute Gasteiger partial charge is 0.0597 e. The van der Waals surface area contributed by atoms with Crippen LogP contribution in [0.25, 0.3) is 0 Å². The molecule has 0 rings (SSSR count). The molecule has 0 aromatic carbocycles. The van der Waals surface area contributed by atoms with E-state index in [2.05, 4.69) is 11.7 Å². The van der Waals surface area contributed by atoms with Gasteiger partial charge in [0, 0.05) is 0 Å². The Bertz CT molecular complexity index is 134. The summed E-state index contributed by atoms with van der Waals surface area (Å²) >= 11 is 0. The number of nitrogens with two attached hydrogens (primary N) is 1. The second kappa shape index (κ2) is 5.09. The van der Waals surface area contributed by atoms with Crippen LogP contribution in [0.15, 0.2) is 29.9 Å². The quantitative estimate of drug-likeness (QED) is 0.263. The largest absolute Gasteiger partial charge is 0.323 e. The van der Waals surface area contributed by atoms with Crippen molar-refractivity contribution in [3.05, 3.63) is 24.8 Å². The fourth-order valence-electron chi connectivity index (χ4n) is 0.431. The van der Waals surface area contributed by atoms with Crippen LogP contribution in [0.4, 0.5) is 0 Å². The molecule has 0 radical (unpaired) electrons. The normalized spacial score (nSPS) is 12.3. The molecule has 0 aliphatic rings. The summed E-state index contributed by atoms with van der Waals surface area (Å²) in [4.78, 5) is 0. The van der Waals surface area contributed by atoms with Crippen LogP contribution in [-0.2, 0) is 0 Å². The van der Waals surface area contributed by atoms with Crippen LogP contribution in [-0.4, -0.2) is 5.71 Å². The number of rotatable bonds is 3. The second-order valence-electron chi connectivity index (χ2n) is 1.57. The Hall–Kier alpha value is -1.05. The summed E-state index contributed by atoms with van der Waals surface area (Å²) in [6.07, 6.45) is 6.21. The van der Waals surface area contributed by atoms with Gasteiger partial charge >= 0.3 is 0 Å². The predicted octanol–water partition coefficient (Wildman–Crippen LogP) is 1.45. The van der Waals surface area contributed by atoms with Crippen molar-refractivity contribution in [2.24, 2.45) is 10.9 Å². The summed E-state index contributed by atoms with van der Waals surface area (Å²) in [5.74, 6) is 5.03. The highest BCUT2D eigenvalue weighted by Crippen LogP contribution is 1.85. The van der Waals surface area contributed by atoms with Gasteiger partial charge < -0.3 is 5.84 Å². The van der Waals surface area contributed by atoms with E-state index in [0.717, 1.165) is 12.1 Å². The summed E-state index contributed by atoms with van der Waals surface area (Å²) in [6.45, 7) is 5.52. The molecule has 2 heteroatoms. The van der Waals surface area contributed by atoms with Gasteiger partial charge in [-0.15, -0.1) is 0 Å². The van der Waals surface area contributed by atoms with Gasteiger partial charge in [-0.1, -0.05) is 25.7 Å². The van der Waals surface area contributed by atoms with Gasteiger partial charge in [-0.2, -0.15) is 5.10 Å². The first-order valence-electron chi connectivity index (χ1n) is 2.91. The summed E-state index contributed by atoms with van der Waals surface area (Å²) in [6, 6.07) is 0. The lowest BCUT2D eigenvalue weighted by molar-refractivity contribution is 1.18. The molecular formula is C7H12N2. The summed E-state index contributed by atoms with van der Waals surface area (Å²) in [5, 5.41) is 3.53. The molecule has 0 saturated heterocycles. The highest BCUT2D eigenvalue weighted by molar-refractivity contribution is 5.94. The molecule has 9 heavy (non-hydrogen) atoms. The van der Waals surface area contributed by atoms with Crippen LogP contribution >= 0.6 is 0 Å². The van der Waals surface area contributed by atoms with E-state index in [4.69, 9.17) is 5.84 Å². The first-order chi connectivity index (χ1) is 4.35. The molecule has 0 aromatic heterocycles. The third-order valence-corrected chi connectivity index (χ3v) is 0.953. The molecule has 0 atom stereocenters. The number of nitrogens with zero attached hydrogens (tertiary/aromatic N) is 1. The SMILES string of the molecule is C=C/C=C\C(CC)=N/N. The molecule has 0 saturated carbocycles. The average molecular weight is 124 g/mol. The van der Waals surface area contributed by atoms with E-state index in [0.29, 0.717) is 0 Å². The molecule has 0 bridgehead atoms. The van der Waals surface area contributed by atoms with Gasteiger partial charge in [0.2, 0.25) is 0 Å². The zero-order valence-corrected chi connectivity index (χ0v) is 5.67. The van der Waals surface area contributed by atoms with Crippen LogP contribution < -0.4 is 5.84 Å². The Kier molecular flexibility index (Phi) is 4.50. The van der Waals surface area contributed by atoms with Crippen molar-refractivity contribution in [2.45, 2.75) is 13.3 Å². The molecule has 0 unspecified atom stereocenters. The van der Waals surface area contributed by atoms with E-state index in [9.17, 15) is 0 Å². The molecule has 0 aromatic rings. The minimum absolute atomic E-state index is 0.862. The number of allylic oxidation sites excluding steroid dienone is 3. The van der Waals surface area contributed by atoms with Gasteiger partial charge in [-0.05, 0) is 12.5 Å². The van der Waals surface area contributed by atoms with Crippen molar-refractivity contribution < 1.29 is 0 Å². The van der Waals surface area contributed by atoms with Crippen molar-refractivity contribution in [3.63, 3.8) is 0 Å². The highest BCUT2D eigenvalue weighted by atomic mass is 15.1. The van der Waals surface area contributed by atoms with Crippen molar-refractivity contribution in [2.75, 3.05) is 0 Å². The molecular weight excluding hydrogens is 112 g/mol. The molecule has 2 nitrogen and oxygen atoms in total. The van der Waals surface area contributed by atoms with Gasteiger partial charge in [0.05, 0.1) is 5.71 Å².